The van der Waals surface area contributed by atoms with E-state index in [9.17, 15) is 3.07 Å². The molecule has 0 unspecified atom stereocenters. The van der Waals surface area contributed by atoms with Gasteiger partial charge in [-0.3, -0.25) is 3.07 Å². The average molecular weight is 256 g/mol. The van der Waals surface area contributed by atoms with E-state index >= 15 is 0 Å². The molecule has 1 rings (SSSR count). The van der Waals surface area contributed by atoms with Crippen LogP contribution in [0.5, 0.6) is 0 Å². The highest BCUT2D eigenvalue weighted by atomic mass is 127. The first-order chi connectivity index (χ1) is 3.93. The monoisotopic (exact) mass is 256 g/mol. The second-order valence-corrected chi connectivity index (χ2v) is 3.06. The van der Waals surface area contributed by atoms with E-state index in [0.29, 0.717) is 0 Å². The van der Waals surface area contributed by atoms with Crippen molar-refractivity contribution in [1.29, 1.82) is 0 Å². The molecule has 3 heteroatoms. The van der Waals surface area contributed by atoms with Gasteiger partial charge in [0, 0.05) is 3.57 Å². The molecule has 1 nitrogen and oxygen atoms in total. The zero-order valence-corrected chi connectivity index (χ0v) is 7.56. The van der Waals surface area contributed by atoms with Gasteiger partial charge in [0.1, 0.15) is 0 Å². The van der Waals surface area contributed by atoms with E-state index in [1.807, 2.05) is 30.3 Å². The van der Waals surface area contributed by atoms with E-state index in [2.05, 4.69) is 0 Å². The van der Waals surface area contributed by atoms with Crippen LogP contribution in [0.4, 0.5) is 0 Å². The standard InChI is InChI=1S/C6H5IO.ClH/c8-7-6-4-2-1-3-5-6;/h1-5H;1H. The van der Waals surface area contributed by atoms with E-state index < -0.39 is 21.2 Å². The van der Waals surface area contributed by atoms with E-state index in [1.165, 1.54) is 0 Å². The molecule has 1 aromatic carbocycles. The molecule has 0 aromatic heterocycles. The summed E-state index contributed by atoms with van der Waals surface area (Å²) in [4.78, 5) is 0. The number of hydrogen-bond donors (Lipinski definition) is 0. The zero-order chi connectivity index (χ0) is 5.82. The van der Waals surface area contributed by atoms with Crippen molar-refractivity contribution in [3.05, 3.63) is 33.9 Å². The van der Waals surface area contributed by atoms with Gasteiger partial charge in [-0.05, 0) is 12.1 Å². The van der Waals surface area contributed by atoms with Crippen molar-refractivity contribution in [1.82, 2.24) is 0 Å². The Kier molecular flexibility index (Phi) is 4.90. The van der Waals surface area contributed by atoms with Crippen LogP contribution in [-0.4, -0.2) is 0 Å². The Labute approximate surface area is 70.5 Å². The van der Waals surface area contributed by atoms with E-state index in [-0.39, 0.29) is 12.4 Å². The lowest BCUT2D eigenvalue weighted by Crippen LogP contribution is -1.63. The Bertz CT molecular complexity index is 176. The predicted molar refractivity (Wildman–Crippen MR) is 47.1 cm³/mol. The normalized spacial score (nSPS) is 8.00. The van der Waals surface area contributed by atoms with Crippen LogP contribution in [0.3, 0.4) is 0 Å². The fourth-order valence-corrected chi connectivity index (χ4v) is 1.17. The summed E-state index contributed by atoms with van der Waals surface area (Å²) in [6.07, 6.45) is 0. The highest BCUT2D eigenvalue weighted by Gasteiger charge is 1.81. The number of hydrogen-bond acceptors (Lipinski definition) is 1. The van der Waals surface area contributed by atoms with Gasteiger partial charge in [0.05, 0.1) is 0 Å². The lowest BCUT2D eigenvalue weighted by Gasteiger charge is -1.80. The van der Waals surface area contributed by atoms with Crippen molar-refractivity contribution in [2.24, 2.45) is 0 Å². The van der Waals surface area contributed by atoms with E-state index in [4.69, 9.17) is 0 Å². The second-order valence-electron chi connectivity index (χ2n) is 1.37. The molecule has 0 N–H and O–H groups in total. The van der Waals surface area contributed by atoms with Crippen molar-refractivity contribution < 1.29 is 3.07 Å². The van der Waals surface area contributed by atoms with Crippen molar-refractivity contribution in [2.45, 2.75) is 0 Å². The van der Waals surface area contributed by atoms with Crippen molar-refractivity contribution in [3.8, 4) is 0 Å². The summed E-state index contributed by atoms with van der Waals surface area (Å²) in [5, 5.41) is 0. The van der Waals surface area contributed by atoms with Crippen LogP contribution >= 0.6 is 33.6 Å². The third kappa shape index (κ3) is 2.91. The minimum absolute atomic E-state index is 0. The number of halogens is 2. The maximum Gasteiger partial charge on any atom is 0.182 e. The Balaban J connectivity index is 0.000000640. The number of benzene rings is 1. The summed E-state index contributed by atoms with van der Waals surface area (Å²) in [5.74, 6) is 0. The van der Waals surface area contributed by atoms with Crippen LogP contribution < -0.4 is 0 Å². The molecule has 9 heavy (non-hydrogen) atoms. The van der Waals surface area contributed by atoms with Crippen molar-refractivity contribution in [3.63, 3.8) is 0 Å². The molecule has 0 saturated heterocycles. The van der Waals surface area contributed by atoms with Gasteiger partial charge in [-0.1, -0.05) is 18.2 Å². The summed E-state index contributed by atoms with van der Waals surface area (Å²) in [5.41, 5.74) is 0. The first-order valence-corrected chi connectivity index (χ1v) is 4.21. The maximum absolute atomic E-state index is 10.2. The van der Waals surface area contributed by atoms with E-state index in [0.717, 1.165) is 3.57 Å². The van der Waals surface area contributed by atoms with Gasteiger partial charge in [-0.2, -0.15) is 0 Å². The van der Waals surface area contributed by atoms with Crippen LogP contribution in [0.2, 0.25) is 0 Å². The Morgan fingerprint density at radius 2 is 1.67 bits per heavy atom. The Morgan fingerprint density at radius 3 is 2.00 bits per heavy atom. The second kappa shape index (κ2) is 4.88. The van der Waals surface area contributed by atoms with Crippen LogP contribution in [0.25, 0.3) is 0 Å². The molecule has 0 aliphatic heterocycles. The largest absolute Gasteiger partial charge is 0.265 e. The highest BCUT2D eigenvalue weighted by Crippen LogP contribution is 2.06. The van der Waals surface area contributed by atoms with Crippen LogP contribution in [0, 0.1) is 3.57 Å². The van der Waals surface area contributed by atoms with Gasteiger partial charge >= 0.3 is 0 Å². The third-order valence-electron chi connectivity index (χ3n) is 0.822. The van der Waals surface area contributed by atoms with Gasteiger partial charge in [-0.25, -0.2) is 0 Å². The number of rotatable bonds is 1. The first-order valence-electron chi connectivity index (χ1n) is 2.25. The minimum atomic E-state index is -0.941. The van der Waals surface area contributed by atoms with Crippen LogP contribution in [0.15, 0.2) is 30.3 Å². The Morgan fingerprint density at radius 1 is 1.11 bits per heavy atom. The molecule has 0 aliphatic carbocycles. The molecule has 0 bridgehead atoms. The van der Waals surface area contributed by atoms with Crippen LogP contribution in [-0.2, 0) is 3.07 Å². The minimum Gasteiger partial charge on any atom is -0.265 e. The molecule has 0 amide bonds. The smallest absolute Gasteiger partial charge is 0.182 e. The van der Waals surface area contributed by atoms with Crippen LogP contribution in [0.1, 0.15) is 0 Å². The summed E-state index contributed by atoms with van der Waals surface area (Å²) >= 11 is -0.941. The molecule has 0 atom stereocenters. The molecular weight excluding hydrogens is 250 g/mol. The average Bonchev–Trinajstić information content (AvgIpc) is 1.90. The topological polar surface area (TPSA) is 17.1 Å². The molecule has 1 aromatic rings. The quantitative estimate of drug-likeness (QED) is 0.706. The van der Waals surface area contributed by atoms with Gasteiger partial charge in [0.2, 0.25) is 0 Å². The molecule has 0 radical (unpaired) electrons. The fourth-order valence-electron chi connectivity index (χ4n) is 0.466. The molecule has 0 aliphatic rings. The summed E-state index contributed by atoms with van der Waals surface area (Å²) in [6.45, 7) is 0. The zero-order valence-electron chi connectivity index (χ0n) is 4.58. The van der Waals surface area contributed by atoms with Crippen molar-refractivity contribution >= 4 is 33.6 Å². The lowest BCUT2D eigenvalue weighted by molar-refractivity contribution is 0.648. The fraction of sp³-hybridized carbons (Fsp3) is 0. The van der Waals surface area contributed by atoms with Gasteiger partial charge < -0.3 is 0 Å². The van der Waals surface area contributed by atoms with Gasteiger partial charge in [0.15, 0.2) is 21.2 Å². The summed E-state index contributed by atoms with van der Waals surface area (Å²) < 4.78 is 11.2. The maximum atomic E-state index is 10.2. The summed E-state index contributed by atoms with van der Waals surface area (Å²) in [6, 6.07) is 9.46. The molecular formula is C6H6ClIO. The molecule has 0 saturated carbocycles. The predicted octanol–water partition coefficient (Wildman–Crippen LogP) is 2.59. The lowest BCUT2D eigenvalue weighted by atomic mass is 10.4. The molecule has 0 spiro atoms. The highest BCUT2D eigenvalue weighted by molar-refractivity contribution is 14.1. The summed E-state index contributed by atoms with van der Waals surface area (Å²) in [7, 11) is 0. The van der Waals surface area contributed by atoms with E-state index in [1.54, 1.807) is 0 Å². The third-order valence-corrected chi connectivity index (χ3v) is 2.05. The molecule has 0 heterocycles. The SMILES string of the molecule is Cl.O=Ic1ccccc1. The van der Waals surface area contributed by atoms with Crippen molar-refractivity contribution in [2.75, 3.05) is 0 Å². The van der Waals surface area contributed by atoms with Gasteiger partial charge in [-0.15, -0.1) is 12.4 Å². The van der Waals surface area contributed by atoms with Gasteiger partial charge in [0.25, 0.3) is 0 Å². The molecule has 0 fully saturated rings. The Hall–Kier alpha value is 0.0400. The first kappa shape index (κ1) is 9.04. The molecule has 50 valence electrons.